The Morgan fingerprint density at radius 3 is 2.62 bits per heavy atom. The molecule has 0 saturated heterocycles. The lowest BCUT2D eigenvalue weighted by Crippen LogP contribution is -2.40. The summed E-state index contributed by atoms with van der Waals surface area (Å²) in [5, 5.41) is 2.94. The van der Waals surface area contributed by atoms with Gasteiger partial charge in [0.05, 0.1) is 0 Å². The van der Waals surface area contributed by atoms with Gasteiger partial charge in [0.25, 0.3) is 5.91 Å². The van der Waals surface area contributed by atoms with E-state index in [9.17, 15) is 9.59 Å². The van der Waals surface area contributed by atoms with E-state index in [2.05, 4.69) is 17.4 Å². The molecule has 26 heavy (non-hydrogen) atoms. The number of carbonyl (C=O) groups excluding carboxylic acids is 2. The highest BCUT2D eigenvalue weighted by molar-refractivity contribution is 7.16. The zero-order valence-electron chi connectivity index (χ0n) is 14.8. The van der Waals surface area contributed by atoms with Gasteiger partial charge in [-0.3, -0.25) is 4.79 Å². The Balaban J connectivity index is 1.51. The molecule has 0 unspecified atom stereocenters. The molecular formula is C21H23NO3S. The number of hydrogen-bond acceptors (Lipinski definition) is 4. The molecule has 0 spiro atoms. The van der Waals surface area contributed by atoms with Crippen molar-refractivity contribution in [3.63, 3.8) is 0 Å². The van der Waals surface area contributed by atoms with E-state index in [1.807, 2.05) is 30.3 Å². The molecule has 136 valence electrons. The molecule has 1 fully saturated rings. The van der Waals surface area contributed by atoms with E-state index in [4.69, 9.17) is 4.74 Å². The molecule has 4 nitrogen and oxygen atoms in total. The van der Waals surface area contributed by atoms with Gasteiger partial charge in [-0.2, -0.15) is 0 Å². The second-order valence-corrected chi connectivity index (χ2v) is 7.59. The van der Waals surface area contributed by atoms with Crippen LogP contribution in [0.3, 0.4) is 0 Å². The molecule has 1 heterocycles. The van der Waals surface area contributed by atoms with E-state index >= 15 is 0 Å². The van der Waals surface area contributed by atoms with Crippen molar-refractivity contribution >= 4 is 29.3 Å². The molecule has 5 heteroatoms. The molecule has 0 aliphatic heterocycles. The number of thiophene rings is 1. The summed E-state index contributed by atoms with van der Waals surface area (Å²) in [6.45, 7) is 1.61. The summed E-state index contributed by atoms with van der Waals surface area (Å²) in [6.07, 6.45) is 6.63. The fraction of sp³-hybridized carbons (Fsp3) is 0.333. The van der Waals surface area contributed by atoms with Crippen molar-refractivity contribution in [3.8, 4) is 10.4 Å². The van der Waals surface area contributed by atoms with E-state index in [0.717, 1.165) is 41.0 Å². The van der Waals surface area contributed by atoms with Crippen molar-refractivity contribution in [2.24, 2.45) is 0 Å². The molecule has 0 radical (unpaired) electrons. The van der Waals surface area contributed by atoms with Crippen LogP contribution in [0.5, 0.6) is 0 Å². The van der Waals surface area contributed by atoms with Crippen LogP contribution in [0, 0.1) is 0 Å². The highest BCUT2D eigenvalue weighted by Crippen LogP contribution is 2.28. The minimum Gasteiger partial charge on any atom is -0.449 e. The number of amides is 1. The van der Waals surface area contributed by atoms with Crippen LogP contribution in [0.4, 0.5) is 0 Å². The molecule has 3 rings (SSSR count). The molecule has 2 aromatic rings. The van der Waals surface area contributed by atoms with Crippen LogP contribution < -0.4 is 5.32 Å². The second-order valence-electron chi connectivity index (χ2n) is 6.47. The van der Waals surface area contributed by atoms with Gasteiger partial charge in [-0.05, 0) is 43.5 Å². The predicted molar refractivity (Wildman–Crippen MR) is 105 cm³/mol. The lowest BCUT2D eigenvalue weighted by Gasteiger charge is -2.16. The van der Waals surface area contributed by atoms with Gasteiger partial charge in [-0.25, -0.2) is 4.79 Å². The van der Waals surface area contributed by atoms with E-state index in [1.165, 1.54) is 6.08 Å². The van der Waals surface area contributed by atoms with Crippen molar-refractivity contribution in [1.82, 2.24) is 5.32 Å². The number of nitrogens with one attached hydrogen (secondary N) is 1. The SMILES string of the molecule is C[C@@H](OC(=O)/C=C/c1ccc(-c2ccccc2)s1)C(=O)NC1CCCC1. The predicted octanol–water partition coefficient (Wildman–Crippen LogP) is 4.42. The number of hydrogen-bond donors (Lipinski definition) is 1. The van der Waals surface area contributed by atoms with Gasteiger partial charge in [0, 0.05) is 21.9 Å². The van der Waals surface area contributed by atoms with E-state index in [0.29, 0.717) is 0 Å². The lowest BCUT2D eigenvalue weighted by atomic mass is 10.2. The van der Waals surface area contributed by atoms with Gasteiger partial charge in [0.1, 0.15) is 0 Å². The molecule has 1 aromatic carbocycles. The first-order chi connectivity index (χ1) is 12.6. The first-order valence-corrected chi connectivity index (χ1v) is 9.78. The number of ether oxygens (including phenoxy) is 1. The molecular weight excluding hydrogens is 346 g/mol. The number of carbonyl (C=O) groups is 2. The first kappa shape index (κ1) is 18.4. The monoisotopic (exact) mass is 369 g/mol. The first-order valence-electron chi connectivity index (χ1n) is 8.96. The molecule has 1 saturated carbocycles. The van der Waals surface area contributed by atoms with Gasteiger partial charge < -0.3 is 10.1 Å². The Morgan fingerprint density at radius 2 is 1.88 bits per heavy atom. The minimum absolute atomic E-state index is 0.221. The summed E-state index contributed by atoms with van der Waals surface area (Å²) in [4.78, 5) is 26.1. The molecule has 1 N–H and O–H groups in total. The van der Waals surface area contributed by atoms with Crippen molar-refractivity contribution < 1.29 is 14.3 Å². The summed E-state index contributed by atoms with van der Waals surface area (Å²) in [6, 6.07) is 14.3. The molecule has 1 amide bonds. The summed E-state index contributed by atoms with van der Waals surface area (Å²) in [7, 11) is 0. The standard InChI is InChI=1S/C21H23NO3S/c1-15(21(24)22-17-9-5-6-10-17)25-20(23)14-12-18-11-13-19(26-18)16-7-3-2-4-8-16/h2-4,7-8,11-15,17H,5-6,9-10H2,1H3,(H,22,24)/b14-12+/t15-/m1/s1. The quantitative estimate of drug-likeness (QED) is 0.606. The summed E-state index contributed by atoms with van der Waals surface area (Å²) >= 11 is 1.60. The van der Waals surface area contributed by atoms with Crippen LogP contribution >= 0.6 is 11.3 Å². The third-order valence-corrected chi connectivity index (χ3v) is 5.53. The van der Waals surface area contributed by atoms with E-state index in [1.54, 1.807) is 24.3 Å². The highest BCUT2D eigenvalue weighted by Gasteiger charge is 2.22. The van der Waals surface area contributed by atoms with Gasteiger partial charge >= 0.3 is 5.97 Å². The highest BCUT2D eigenvalue weighted by atomic mass is 32.1. The van der Waals surface area contributed by atoms with Crippen molar-refractivity contribution in [2.45, 2.75) is 44.8 Å². The Hall–Kier alpha value is -2.40. The van der Waals surface area contributed by atoms with E-state index in [-0.39, 0.29) is 11.9 Å². The van der Waals surface area contributed by atoms with Crippen LogP contribution in [0.25, 0.3) is 16.5 Å². The molecule has 1 atom stereocenters. The Labute approximate surface area is 157 Å². The van der Waals surface area contributed by atoms with Gasteiger partial charge in [-0.15, -0.1) is 11.3 Å². The normalized spacial score (nSPS) is 15.9. The summed E-state index contributed by atoms with van der Waals surface area (Å²) < 4.78 is 5.20. The second kappa shape index (κ2) is 8.81. The topological polar surface area (TPSA) is 55.4 Å². The summed E-state index contributed by atoms with van der Waals surface area (Å²) in [5.74, 6) is -0.727. The van der Waals surface area contributed by atoms with Crippen molar-refractivity contribution in [3.05, 3.63) is 53.4 Å². The molecule has 1 aliphatic rings. The number of rotatable bonds is 6. The lowest BCUT2D eigenvalue weighted by molar-refractivity contribution is -0.150. The van der Waals surface area contributed by atoms with E-state index < -0.39 is 12.1 Å². The third-order valence-electron chi connectivity index (χ3n) is 4.43. The Kier molecular flexibility index (Phi) is 6.23. The van der Waals surface area contributed by atoms with Crippen LogP contribution in [-0.4, -0.2) is 24.0 Å². The molecule has 1 aromatic heterocycles. The van der Waals surface area contributed by atoms with Crippen molar-refractivity contribution in [1.29, 1.82) is 0 Å². The van der Waals surface area contributed by atoms with Crippen LogP contribution in [0.2, 0.25) is 0 Å². The fourth-order valence-corrected chi connectivity index (χ4v) is 3.92. The zero-order chi connectivity index (χ0) is 18.4. The average Bonchev–Trinajstić information content (AvgIpc) is 3.32. The van der Waals surface area contributed by atoms with Gasteiger partial charge in [-0.1, -0.05) is 43.2 Å². The average molecular weight is 369 g/mol. The molecule has 1 aliphatic carbocycles. The number of benzene rings is 1. The Morgan fingerprint density at radius 1 is 1.15 bits per heavy atom. The van der Waals surface area contributed by atoms with Gasteiger partial charge in [0.15, 0.2) is 6.10 Å². The van der Waals surface area contributed by atoms with Crippen LogP contribution in [0.15, 0.2) is 48.5 Å². The smallest absolute Gasteiger partial charge is 0.331 e. The van der Waals surface area contributed by atoms with Crippen molar-refractivity contribution in [2.75, 3.05) is 0 Å². The largest absolute Gasteiger partial charge is 0.449 e. The summed E-state index contributed by atoms with van der Waals surface area (Å²) in [5.41, 5.74) is 1.15. The molecule has 0 bridgehead atoms. The maximum absolute atomic E-state index is 12.1. The minimum atomic E-state index is -0.782. The van der Waals surface area contributed by atoms with Gasteiger partial charge in [0.2, 0.25) is 0 Å². The fourth-order valence-electron chi connectivity index (χ4n) is 3.01. The number of esters is 1. The Bertz CT molecular complexity index is 776. The third kappa shape index (κ3) is 5.05. The zero-order valence-corrected chi connectivity index (χ0v) is 15.6. The maximum Gasteiger partial charge on any atom is 0.331 e. The maximum atomic E-state index is 12.1. The van der Waals surface area contributed by atoms with Crippen LogP contribution in [0.1, 0.15) is 37.5 Å². The van der Waals surface area contributed by atoms with Crippen LogP contribution in [-0.2, 0) is 14.3 Å².